The molecular weight excluding hydrogens is 174 g/mol. The molecule has 0 aliphatic rings. The summed E-state index contributed by atoms with van der Waals surface area (Å²) in [6.45, 7) is 0. The molecule has 4 heavy (non-hydrogen) atoms. The summed E-state index contributed by atoms with van der Waals surface area (Å²) in [5, 5.41) is 0. The molecule has 0 saturated heterocycles. The van der Waals surface area contributed by atoms with E-state index in [0.717, 1.165) is 0 Å². The van der Waals surface area contributed by atoms with E-state index in [2.05, 4.69) is 0 Å². The molecule has 0 amide bonds. The van der Waals surface area contributed by atoms with E-state index in [1.54, 1.807) is 0 Å². The van der Waals surface area contributed by atoms with Gasteiger partial charge in [-0.1, -0.05) is 0 Å². The van der Waals surface area contributed by atoms with Crippen LogP contribution < -0.4 is 0 Å². The van der Waals surface area contributed by atoms with Gasteiger partial charge in [0.05, 0.1) is 0 Å². The fraction of sp³-hybridized carbons (Fsp3) is 0. The van der Waals surface area contributed by atoms with E-state index in [1.807, 2.05) is 0 Å². The van der Waals surface area contributed by atoms with E-state index in [9.17, 15) is 0 Å². The average molecular weight is 176 g/mol. The van der Waals surface area contributed by atoms with E-state index < -0.39 is 0 Å². The Hall–Kier alpha value is 1.00. The first-order chi connectivity index (χ1) is 2.00. The van der Waals surface area contributed by atoms with Gasteiger partial charge in [-0.3, -0.25) is 0 Å². The van der Waals surface area contributed by atoms with Crippen LogP contribution in [0.5, 0.6) is 0 Å². The van der Waals surface area contributed by atoms with Crippen LogP contribution in [0.3, 0.4) is 0 Å². The summed E-state index contributed by atoms with van der Waals surface area (Å²) < 4.78 is 16.7. The molecule has 0 unspecified atom stereocenters. The Balaban J connectivity index is 0. The van der Waals surface area contributed by atoms with E-state index in [4.69, 9.17) is 6.66 Å². The van der Waals surface area contributed by atoms with Gasteiger partial charge in [0.2, 0.25) is 0 Å². The Kier molecular flexibility index (Phi) is 79.8. The van der Waals surface area contributed by atoms with Crippen molar-refractivity contribution in [3.8, 4) is 0 Å². The second kappa shape index (κ2) is 35.9. The molecule has 0 aromatic rings. The first-order valence-corrected chi connectivity index (χ1v) is 2.80. The second-order valence-electron chi connectivity index (χ2n) is 0. The van der Waals surface area contributed by atoms with Crippen molar-refractivity contribution in [2.24, 2.45) is 0 Å². The van der Waals surface area contributed by atoms with Gasteiger partial charge in [0.15, 0.2) is 0 Å². The van der Waals surface area contributed by atoms with Crippen LogP contribution in [0.25, 0.3) is 0 Å². The van der Waals surface area contributed by atoms with Gasteiger partial charge in [-0.05, 0) is 0 Å². The van der Waals surface area contributed by atoms with Gasteiger partial charge in [0.25, 0.3) is 0 Å². The van der Waals surface area contributed by atoms with Gasteiger partial charge in [0.1, 0.15) is 0 Å². The van der Waals surface area contributed by atoms with Crippen molar-refractivity contribution in [2.45, 2.75) is 0 Å². The van der Waals surface area contributed by atoms with Gasteiger partial charge >= 0.3 is 47.3 Å². The zero-order chi connectivity index (χ0) is 4.00. The maximum absolute atomic E-state index is 8.42. The third-order valence-corrected chi connectivity index (χ3v) is 0. The Morgan fingerprint density at radius 1 is 1.25 bits per heavy atom. The molecule has 0 fully saturated rings. The van der Waals surface area contributed by atoms with Crippen molar-refractivity contribution in [3.63, 3.8) is 0 Å². The van der Waals surface area contributed by atoms with Crippen LogP contribution in [0.2, 0.25) is 0 Å². The fourth-order valence-electron chi connectivity index (χ4n) is 0. The summed E-state index contributed by atoms with van der Waals surface area (Å²) >= 11 is 0.511. The van der Waals surface area contributed by atoms with Crippen LogP contribution >= 0.6 is 0 Å². The molecular formula is H2AlInO2. The predicted molar refractivity (Wildman–Crippen MR) is 15.7 cm³/mol. The molecule has 0 N–H and O–H groups in total. The summed E-state index contributed by atoms with van der Waals surface area (Å²) in [4.78, 5) is 0. The Morgan fingerprint density at radius 2 is 1.25 bits per heavy atom. The summed E-state index contributed by atoms with van der Waals surface area (Å²) in [5.41, 5.74) is 0. The monoisotopic (exact) mass is 176 g/mol. The van der Waals surface area contributed by atoms with Crippen molar-refractivity contribution in [3.05, 3.63) is 0 Å². The number of hydrogen-bond donors (Lipinski definition) is 0. The molecule has 0 aromatic heterocycles. The third-order valence-electron chi connectivity index (χ3n) is 0. The van der Waals surface area contributed by atoms with Gasteiger partial charge < -0.3 is 0 Å². The van der Waals surface area contributed by atoms with Crippen LogP contribution in [0.15, 0.2) is 0 Å². The minimum absolute atomic E-state index is 0.1000. The van der Waals surface area contributed by atoms with Gasteiger partial charge in [-0.2, -0.15) is 0 Å². The zero-order valence-electron chi connectivity index (χ0n) is 2.23. The van der Waals surface area contributed by atoms with Crippen molar-refractivity contribution in [2.75, 3.05) is 0 Å². The summed E-state index contributed by atoms with van der Waals surface area (Å²) in [6, 6.07) is 0. The Bertz CT molecular complexity index is 8.00. The molecule has 0 atom stereocenters. The molecule has 20 valence electrons. The Morgan fingerprint density at radius 3 is 1.25 bits per heavy atom. The normalized spacial score (nSPS) is 1.50. The van der Waals surface area contributed by atoms with Gasteiger partial charge in [-0.15, -0.1) is 0 Å². The molecule has 0 bridgehead atoms. The zero-order valence-corrected chi connectivity index (χ0v) is 7.68. The minimum atomic E-state index is -0.1000. The van der Waals surface area contributed by atoms with Crippen molar-refractivity contribution >= 4 is 40.6 Å². The molecule has 0 radical (unpaired) electrons. The van der Waals surface area contributed by atoms with Crippen molar-refractivity contribution in [1.82, 2.24) is 0 Å². The molecule has 4 heteroatoms. The summed E-state index contributed by atoms with van der Waals surface area (Å²) in [5.74, 6) is 0. The topological polar surface area (TPSA) is 34.1 Å². The van der Waals surface area contributed by atoms with Gasteiger partial charge in [-0.25, -0.2) is 0 Å². The quantitative estimate of drug-likeness (QED) is 0.419. The average Bonchev–Trinajstić information content (AvgIpc) is 1.50. The molecule has 0 aliphatic heterocycles. The van der Waals surface area contributed by atoms with Gasteiger partial charge in [0, 0.05) is 0 Å². The van der Waals surface area contributed by atoms with E-state index in [0.29, 0.717) is 16.2 Å². The number of hydrogen-bond acceptors (Lipinski definition) is 2. The van der Waals surface area contributed by atoms with E-state index in [1.165, 1.54) is 0 Å². The molecule has 2 nitrogen and oxygen atoms in total. The Labute approximate surface area is 47.2 Å². The molecule has 0 saturated carbocycles. The van der Waals surface area contributed by atoms with Crippen LogP contribution in [0.4, 0.5) is 0 Å². The summed E-state index contributed by atoms with van der Waals surface area (Å²) in [6.07, 6.45) is 0. The van der Waals surface area contributed by atoms with Crippen LogP contribution in [0.1, 0.15) is 0 Å². The molecule has 0 spiro atoms. The first-order valence-electron chi connectivity index (χ1n) is 0.577. The van der Waals surface area contributed by atoms with Crippen LogP contribution in [0, 0.1) is 0 Å². The third kappa shape index (κ3) is 12.0. The van der Waals surface area contributed by atoms with Crippen molar-refractivity contribution in [1.29, 1.82) is 0 Å². The standard InChI is InChI=1S/Al.In.2O.2H. The first kappa shape index (κ1) is 8.89. The van der Waals surface area contributed by atoms with E-state index >= 15 is 0 Å². The molecule has 0 rings (SSSR count). The van der Waals surface area contributed by atoms with Crippen LogP contribution in [-0.4, -0.2) is 40.6 Å². The maximum atomic E-state index is 8.42. The summed E-state index contributed by atoms with van der Waals surface area (Å²) in [7, 11) is 0. The fourth-order valence-corrected chi connectivity index (χ4v) is 0. The van der Waals surface area contributed by atoms with Crippen molar-refractivity contribution < 1.29 is 6.66 Å². The second-order valence-corrected chi connectivity index (χ2v) is 0. The SMILES string of the molecule is [O]=[AlH].[O]=[InH]. The number of rotatable bonds is 0. The van der Waals surface area contributed by atoms with Crippen LogP contribution in [-0.2, 0) is 6.66 Å². The molecule has 0 aliphatic carbocycles. The predicted octanol–water partition coefficient (Wildman–Crippen LogP) is -1.53. The van der Waals surface area contributed by atoms with E-state index in [-0.39, 0.29) is 24.4 Å². The molecule has 0 heterocycles. The molecule has 0 aromatic carbocycles.